The van der Waals surface area contributed by atoms with Gasteiger partial charge in [-0.15, -0.1) is 0 Å². The van der Waals surface area contributed by atoms with Crippen molar-refractivity contribution < 1.29 is 4.74 Å². The molecular formula is C11H10BrClN4OS. The molecular weight excluding hydrogens is 352 g/mol. The van der Waals surface area contributed by atoms with Crippen molar-refractivity contribution >= 4 is 39.3 Å². The molecule has 0 saturated heterocycles. The number of rotatable bonds is 4. The maximum Gasteiger partial charge on any atom is 0.322 e. The Balaban J connectivity index is 2.25. The number of hydrogen-bond acceptors (Lipinski definition) is 6. The highest BCUT2D eigenvalue weighted by atomic mass is 79.9. The normalized spacial score (nSPS) is 10.8. The zero-order valence-electron chi connectivity index (χ0n) is 10.2. The van der Waals surface area contributed by atoms with Gasteiger partial charge in [0.1, 0.15) is 5.03 Å². The molecule has 8 heteroatoms. The van der Waals surface area contributed by atoms with Crippen molar-refractivity contribution in [2.45, 2.75) is 30.1 Å². The van der Waals surface area contributed by atoms with Crippen LogP contribution in [-0.4, -0.2) is 26.0 Å². The third-order valence-corrected chi connectivity index (χ3v) is 3.78. The summed E-state index contributed by atoms with van der Waals surface area (Å²) >= 11 is 10.5. The van der Waals surface area contributed by atoms with Crippen LogP contribution in [-0.2, 0) is 0 Å². The van der Waals surface area contributed by atoms with Gasteiger partial charge in [0.05, 0.1) is 10.6 Å². The SMILES string of the molecule is CC(C)Oc1nc(Cl)nc(Sc2ncccc2Br)n1. The molecule has 100 valence electrons. The van der Waals surface area contributed by atoms with Crippen LogP contribution in [0.3, 0.4) is 0 Å². The maximum atomic E-state index is 5.85. The van der Waals surface area contributed by atoms with E-state index >= 15 is 0 Å². The number of ether oxygens (including phenoxy) is 1. The molecule has 0 saturated carbocycles. The molecule has 19 heavy (non-hydrogen) atoms. The Bertz CT molecular complexity index is 584. The highest BCUT2D eigenvalue weighted by Crippen LogP contribution is 2.30. The van der Waals surface area contributed by atoms with Crippen molar-refractivity contribution in [2.24, 2.45) is 0 Å². The van der Waals surface area contributed by atoms with E-state index in [0.29, 0.717) is 5.16 Å². The van der Waals surface area contributed by atoms with Crippen molar-refractivity contribution in [1.29, 1.82) is 0 Å². The number of nitrogens with zero attached hydrogens (tertiary/aromatic N) is 4. The fourth-order valence-corrected chi connectivity index (χ4v) is 2.56. The average Bonchev–Trinajstić information content (AvgIpc) is 2.30. The van der Waals surface area contributed by atoms with E-state index in [1.54, 1.807) is 6.20 Å². The average molecular weight is 362 g/mol. The predicted molar refractivity (Wildman–Crippen MR) is 76.7 cm³/mol. The van der Waals surface area contributed by atoms with Crippen LogP contribution in [0.15, 0.2) is 33.0 Å². The molecule has 0 aliphatic rings. The molecule has 0 unspecified atom stereocenters. The zero-order chi connectivity index (χ0) is 13.8. The summed E-state index contributed by atoms with van der Waals surface area (Å²) in [5, 5.41) is 1.29. The largest absolute Gasteiger partial charge is 0.461 e. The molecule has 0 bridgehead atoms. The van der Waals surface area contributed by atoms with E-state index in [4.69, 9.17) is 16.3 Å². The lowest BCUT2D eigenvalue weighted by atomic mass is 10.5. The summed E-state index contributed by atoms with van der Waals surface area (Å²) in [6, 6.07) is 3.94. The summed E-state index contributed by atoms with van der Waals surface area (Å²) in [6.07, 6.45) is 1.67. The fraction of sp³-hybridized carbons (Fsp3) is 0.273. The van der Waals surface area contributed by atoms with E-state index in [2.05, 4.69) is 35.9 Å². The van der Waals surface area contributed by atoms with Crippen LogP contribution in [0.25, 0.3) is 0 Å². The summed E-state index contributed by atoms with van der Waals surface area (Å²) in [5.41, 5.74) is 0. The summed E-state index contributed by atoms with van der Waals surface area (Å²) in [6.45, 7) is 3.78. The Morgan fingerprint density at radius 2 is 2.11 bits per heavy atom. The first-order valence-electron chi connectivity index (χ1n) is 5.41. The Hall–Kier alpha value is -0.920. The van der Waals surface area contributed by atoms with Crippen LogP contribution in [0.5, 0.6) is 6.01 Å². The summed E-state index contributed by atoms with van der Waals surface area (Å²) < 4.78 is 6.28. The molecule has 2 aromatic rings. The lowest BCUT2D eigenvalue weighted by molar-refractivity contribution is 0.219. The lowest BCUT2D eigenvalue weighted by Crippen LogP contribution is -2.09. The molecule has 0 radical (unpaired) electrons. The van der Waals surface area contributed by atoms with E-state index in [1.165, 1.54) is 11.8 Å². The van der Waals surface area contributed by atoms with Gasteiger partial charge < -0.3 is 4.74 Å². The van der Waals surface area contributed by atoms with Gasteiger partial charge in [-0.25, -0.2) is 4.98 Å². The molecule has 0 aliphatic carbocycles. The second-order valence-corrected chi connectivity index (χ2v) is 5.88. The standard InChI is InChI=1S/C11H10BrClN4OS/c1-6(2)18-10-15-9(13)16-11(17-10)19-8-7(12)4-3-5-14-8/h3-6H,1-2H3. The van der Waals surface area contributed by atoms with Crippen LogP contribution in [0.1, 0.15) is 13.8 Å². The van der Waals surface area contributed by atoms with Crippen molar-refractivity contribution in [3.8, 4) is 6.01 Å². The highest BCUT2D eigenvalue weighted by molar-refractivity contribution is 9.10. The molecule has 0 N–H and O–H groups in total. The zero-order valence-corrected chi connectivity index (χ0v) is 13.3. The Labute approximate surface area is 128 Å². The van der Waals surface area contributed by atoms with E-state index in [1.807, 2.05) is 26.0 Å². The quantitative estimate of drug-likeness (QED) is 0.829. The first-order chi connectivity index (χ1) is 9.04. The first kappa shape index (κ1) is 14.5. The smallest absolute Gasteiger partial charge is 0.322 e. The summed E-state index contributed by atoms with van der Waals surface area (Å²) in [5.74, 6) is 0. The van der Waals surface area contributed by atoms with Crippen LogP contribution in [0.2, 0.25) is 5.28 Å². The topological polar surface area (TPSA) is 60.8 Å². The maximum absolute atomic E-state index is 5.85. The highest BCUT2D eigenvalue weighted by Gasteiger charge is 2.11. The van der Waals surface area contributed by atoms with Gasteiger partial charge in [0, 0.05) is 6.20 Å². The Morgan fingerprint density at radius 3 is 2.79 bits per heavy atom. The summed E-state index contributed by atoms with van der Waals surface area (Å²) in [4.78, 5) is 16.4. The van der Waals surface area contributed by atoms with Crippen molar-refractivity contribution in [1.82, 2.24) is 19.9 Å². The van der Waals surface area contributed by atoms with Crippen molar-refractivity contribution in [3.05, 3.63) is 28.1 Å². The number of halogens is 2. The van der Waals surface area contributed by atoms with Crippen LogP contribution >= 0.6 is 39.3 Å². The third kappa shape index (κ3) is 4.29. The Kier molecular flexibility index (Phi) is 4.95. The Morgan fingerprint density at radius 1 is 1.32 bits per heavy atom. The molecule has 0 atom stereocenters. The first-order valence-corrected chi connectivity index (χ1v) is 7.40. The van der Waals surface area contributed by atoms with Crippen LogP contribution in [0, 0.1) is 0 Å². The van der Waals surface area contributed by atoms with Gasteiger partial charge in [-0.1, -0.05) is 0 Å². The van der Waals surface area contributed by atoms with Gasteiger partial charge >= 0.3 is 6.01 Å². The number of aromatic nitrogens is 4. The number of pyridine rings is 1. The van der Waals surface area contributed by atoms with E-state index < -0.39 is 0 Å². The summed E-state index contributed by atoms with van der Waals surface area (Å²) in [7, 11) is 0. The monoisotopic (exact) mass is 360 g/mol. The van der Waals surface area contributed by atoms with Gasteiger partial charge in [0.25, 0.3) is 0 Å². The second-order valence-electron chi connectivity index (χ2n) is 3.73. The van der Waals surface area contributed by atoms with Gasteiger partial charge in [-0.2, -0.15) is 15.0 Å². The minimum Gasteiger partial charge on any atom is -0.461 e. The molecule has 0 aromatic carbocycles. The molecule has 0 aliphatic heterocycles. The molecule has 2 heterocycles. The predicted octanol–water partition coefficient (Wildman–Crippen LogP) is 3.62. The fourth-order valence-electron chi connectivity index (χ4n) is 1.16. The molecule has 0 spiro atoms. The lowest BCUT2D eigenvalue weighted by Gasteiger charge is -2.08. The van der Waals surface area contributed by atoms with Crippen LogP contribution in [0.4, 0.5) is 0 Å². The third-order valence-electron chi connectivity index (χ3n) is 1.82. The van der Waals surface area contributed by atoms with Gasteiger partial charge in [-0.05, 0) is 65.3 Å². The van der Waals surface area contributed by atoms with Crippen molar-refractivity contribution in [3.63, 3.8) is 0 Å². The minimum atomic E-state index is -0.0297. The van der Waals surface area contributed by atoms with Gasteiger partial charge in [0.2, 0.25) is 10.4 Å². The molecule has 0 amide bonds. The molecule has 2 rings (SSSR count). The van der Waals surface area contributed by atoms with Crippen molar-refractivity contribution in [2.75, 3.05) is 0 Å². The molecule has 0 fully saturated rings. The van der Waals surface area contributed by atoms with Gasteiger partial charge in [-0.3, -0.25) is 0 Å². The number of hydrogen-bond donors (Lipinski definition) is 0. The minimum absolute atomic E-state index is 0.0297. The van der Waals surface area contributed by atoms with Crippen LogP contribution < -0.4 is 4.74 Å². The van der Waals surface area contributed by atoms with Gasteiger partial charge in [0.15, 0.2) is 0 Å². The molecule has 2 aromatic heterocycles. The van der Waals surface area contributed by atoms with E-state index in [9.17, 15) is 0 Å². The van der Waals surface area contributed by atoms with E-state index in [-0.39, 0.29) is 17.4 Å². The molecule has 5 nitrogen and oxygen atoms in total. The van der Waals surface area contributed by atoms with E-state index in [0.717, 1.165) is 9.50 Å². The second kappa shape index (κ2) is 6.49.